The number of carboxylic acid groups (broad SMARTS) is 1. The van der Waals surface area contributed by atoms with Gasteiger partial charge in [0.2, 0.25) is 0 Å². The van der Waals surface area contributed by atoms with Gasteiger partial charge in [0.15, 0.2) is 0 Å². The maximum atomic E-state index is 13.8. The van der Waals surface area contributed by atoms with Gasteiger partial charge in [0.05, 0.1) is 4.92 Å². The third-order valence-corrected chi connectivity index (χ3v) is 3.71. The van der Waals surface area contributed by atoms with Gasteiger partial charge in [-0.3, -0.25) is 10.1 Å². The van der Waals surface area contributed by atoms with Gasteiger partial charge in [-0.2, -0.15) is 0 Å². The Morgan fingerprint density at radius 3 is 2.33 bits per heavy atom. The van der Waals surface area contributed by atoms with E-state index in [9.17, 15) is 19.3 Å². The molecule has 1 N–H and O–H groups in total. The van der Waals surface area contributed by atoms with Crippen LogP contribution in [0.2, 0.25) is 0 Å². The van der Waals surface area contributed by atoms with Crippen molar-refractivity contribution >= 4 is 17.3 Å². The van der Waals surface area contributed by atoms with Crippen LogP contribution in [0.4, 0.5) is 15.8 Å². The van der Waals surface area contributed by atoms with E-state index in [1.807, 2.05) is 27.7 Å². The van der Waals surface area contributed by atoms with Crippen molar-refractivity contribution in [3.8, 4) is 0 Å². The highest BCUT2D eigenvalue weighted by atomic mass is 19.1. The first-order valence-corrected chi connectivity index (χ1v) is 6.41. The molecule has 116 valence electrons. The van der Waals surface area contributed by atoms with Crippen molar-refractivity contribution in [1.29, 1.82) is 0 Å². The molecule has 7 heteroatoms. The van der Waals surface area contributed by atoms with Gasteiger partial charge in [0.25, 0.3) is 5.69 Å². The summed E-state index contributed by atoms with van der Waals surface area (Å²) in [5, 5.41) is 20.0. The number of hydrogen-bond acceptors (Lipinski definition) is 4. The van der Waals surface area contributed by atoms with Crippen LogP contribution in [-0.4, -0.2) is 29.1 Å². The molecule has 0 aliphatic rings. The van der Waals surface area contributed by atoms with E-state index < -0.39 is 28.0 Å². The molecule has 21 heavy (non-hydrogen) atoms. The van der Waals surface area contributed by atoms with Gasteiger partial charge in [0, 0.05) is 25.2 Å². The van der Waals surface area contributed by atoms with Crippen molar-refractivity contribution in [3.63, 3.8) is 0 Å². The summed E-state index contributed by atoms with van der Waals surface area (Å²) in [5.74, 6) is -2.52. The number of rotatable bonds is 4. The standard InChI is InChI=1S/C14H19FN2O4/c1-8(14(2,3)4)16(5)11-7-10(15)9(13(18)19)6-12(11)17(20)21/h6-8H,1-5H3,(H,18,19). The quantitative estimate of drug-likeness (QED) is 0.681. The van der Waals surface area contributed by atoms with Crippen molar-refractivity contribution in [1.82, 2.24) is 0 Å². The molecule has 0 saturated heterocycles. The van der Waals surface area contributed by atoms with Crippen molar-refractivity contribution in [3.05, 3.63) is 33.6 Å². The fourth-order valence-corrected chi connectivity index (χ4v) is 1.93. The molecule has 1 unspecified atom stereocenters. The van der Waals surface area contributed by atoms with E-state index in [4.69, 9.17) is 5.11 Å². The molecule has 0 bridgehead atoms. The summed E-state index contributed by atoms with van der Waals surface area (Å²) in [7, 11) is 1.62. The lowest BCUT2D eigenvalue weighted by Gasteiger charge is -2.36. The van der Waals surface area contributed by atoms with Crippen LogP contribution in [0.1, 0.15) is 38.1 Å². The molecule has 0 aliphatic carbocycles. The molecular weight excluding hydrogens is 279 g/mol. The molecule has 0 fully saturated rings. The summed E-state index contributed by atoms with van der Waals surface area (Å²) < 4.78 is 13.8. The van der Waals surface area contributed by atoms with Gasteiger partial charge in [-0.15, -0.1) is 0 Å². The smallest absolute Gasteiger partial charge is 0.338 e. The summed E-state index contributed by atoms with van der Waals surface area (Å²) in [6.07, 6.45) is 0. The first-order chi connectivity index (χ1) is 9.46. The molecule has 6 nitrogen and oxygen atoms in total. The highest BCUT2D eigenvalue weighted by molar-refractivity contribution is 5.90. The minimum absolute atomic E-state index is 0.0601. The molecule has 0 aromatic heterocycles. The molecule has 1 aromatic rings. The van der Waals surface area contributed by atoms with Crippen LogP contribution >= 0.6 is 0 Å². The van der Waals surface area contributed by atoms with Crippen LogP contribution in [-0.2, 0) is 0 Å². The number of carboxylic acids is 1. The summed E-state index contributed by atoms with van der Waals surface area (Å²) >= 11 is 0. The molecule has 0 amide bonds. The first-order valence-electron chi connectivity index (χ1n) is 6.41. The Bertz CT molecular complexity index is 581. The van der Waals surface area contributed by atoms with Crippen LogP contribution in [0.5, 0.6) is 0 Å². The second-order valence-electron chi connectivity index (χ2n) is 6.04. The number of hydrogen-bond donors (Lipinski definition) is 1. The molecule has 1 aromatic carbocycles. The van der Waals surface area contributed by atoms with Crippen molar-refractivity contribution in [2.24, 2.45) is 5.41 Å². The molecule has 0 radical (unpaired) electrons. The highest BCUT2D eigenvalue weighted by Gasteiger charge is 2.30. The molecule has 0 heterocycles. The molecule has 0 spiro atoms. The van der Waals surface area contributed by atoms with E-state index >= 15 is 0 Å². The van der Waals surface area contributed by atoms with Crippen LogP contribution in [0.3, 0.4) is 0 Å². The largest absolute Gasteiger partial charge is 0.478 e. The minimum Gasteiger partial charge on any atom is -0.478 e. The molecular formula is C14H19FN2O4. The Balaban J connectivity index is 3.45. The van der Waals surface area contributed by atoms with E-state index in [1.54, 1.807) is 11.9 Å². The molecule has 0 aliphatic heterocycles. The lowest BCUT2D eigenvalue weighted by atomic mass is 9.87. The summed E-state index contributed by atoms with van der Waals surface area (Å²) in [5.41, 5.74) is -1.26. The second kappa shape index (κ2) is 5.67. The Morgan fingerprint density at radius 1 is 1.43 bits per heavy atom. The SMILES string of the molecule is CC(N(C)c1cc(F)c(C(=O)O)cc1[N+](=O)[O-])C(C)(C)C. The maximum Gasteiger partial charge on any atom is 0.338 e. The fourth-order valence-electron chi connectivity index (χ4n) is 1.93. The molecule has 1 rings (SSSR count). The Kier molecular flexibility index (Phi) is 4.56. The lowest BCUT2D eigenvalue weighted by molar-refractivity contribution is -0.384. The minimum atomic E-state index is -1.53. The van der Waals surface area contributed by atoms with Gasteiger partial charge < -0.3 is 10.0 Å². The van der Waals surface area contributed by atoms with Gasteiger partial charge in [-0.05, 0) is 12.3 Å². The van der Waals surface area contributed by atoms with E-state index in [2.05, 4.69) is 0 Å². The molecule has 1 atom stereocenters. The average Bonchev–Trinajstić information content (AvgIpc) is 2.34. The number of nitrogens with zero attached hydrogens (tertiary/aromatic N) is 2. The van der Waals surface area contributed by atoms with Gasteiger partial charge in [0.1, 0.15) is 17.1 Å². The van der Waals surface area contributed by atoms with Gasteiger partial charge >= 0.3 is 5.97 Å². The van der Waals surface area contributed by atoms with E-state index in [0.29, 0.717) is 0 Å². The third-order valence-electron chi connectivity index (χ3n) is 3.71. The third kappa shape index (κ3) is 3.48. The van der Waals surface area contributed by atoms with Crippen molar-refractivity contribution in [2.75, 3.05) is 11.9 Å². The predicted molar refractivity (Wildman–Crippen MR) is 77.3 cm³/mol. The number of carbonyl (C=O) groups is 1. The highest BCUT2D eigenvalue weighted by Crippen LogP contribution is 2.35. The van der Waals surface area contributed by atoms with Gasteiger partial charge in [-0.25, -0.2) is 9.18 Å². The van der Waals surface area contributed by atoms with Crippen LogP contribution in [0.25, 0.3) is 0 Å². The maximum absolute atomic E-state index is 13.8. The van der Waals surface area contributed by atoms with Crippen molar-refractivity contribution in [2.45, 2.75) is 33.7 Å². The van der Waals surface area contributed by atoms with Crippen molar-refractivity contribution < 1.29 is 19.2 Å². The second-order valence-corrected chi connectivity index (χ2v) is 6.04. The summed E-state index contributed by atoms with van der Waals surface area (Å²) in [4.78, 5) is 22.9. The topological polar surface area (TPSA) is 83.7 Å². The lowest BCUT2D eigenvalue weighted by Crippen LogP contribution is -2.39. The number of benzene rings is 1. The number of nitro benzene ring substituents is 1. The number of halogens is 1. The zero-order chi connectivity index (χ0) is 16.5. The summed E-state index contributed by atoms with van der Waals surface area (Å²) in [6, 6.07) is 1.55. The Morgan fingerprint density at radius 2 is 1.95 bits per heavy atom. The van der Waals surface area contributed by atoms with E-state index in [0.717, 1.165) is 12.1 Å². The monoisotopic (exact) mass is 298 g/mol. The first kappa shape index (κ1) is 16.9. The van der Waals surface area contributed by atoms with Crippen LogP contribution in [0.15, 0.2) is 12.1 Å². The number of anilines is 1. The van der Waals surface area contributed by atoms with E-state index in [-0.39, 0.29) is 17.1 Å². The average molecular weight is 298 g/mol. The number of aromatic carboxylic acids is 1. The Labute approximate surface area is 122 Å². The number of nitro groups is 1. The summed E-state index contributed by atoms with van der Waals surface area (Å²) in [6.45, 7) is 7.75. The molecule has 0 saturated carbocycles. The van der Waals surface area contributed by atoms with Crippen LogP contribution < -0.4 is 4.90 Å². The normalized spacial score (nSPS) is 12.9. The van der Waals surface area contributed by atoms with E-state index in [1.165, 1.54) is 0 Å². The Hall–Kier alpha value is -2.18. The zero-order valence-electron chi connectivity index (χ0n) is 12.7. The van der Waals surface area contributed by atoms with Crippen LogP contribution in [0, 0.1) is 21.3 Å². The fraction of sp³-hybridized carbons (Fsp3) is 0.500. The van der Waals surface area contributed by atoms with Gasteiger partial charge in [-0.1, -0.05) is 20.8 Å². The predicted octanol–water partition coefficient (Wildman–Crippen LogP) is 3.30. The zero-order valence-corrected chi connectivity index (χ0v) is 12.7.